The highest BCUT2D eigenvalue weighted by atomic mass is 28.3. The van der Waals surface area contributed by atoms with Crippen molar-refractivity contribution in [2.75, 3.05) is 19.3 Å². The summed E-state index contributed by atoms with van der Waals surface area (Å²) in [6, 6.07) is -0.493. The molecule has 0 aromatic carbocycles. The predicted octanol–water partition coefficient (Wildman–Crippen LogP) is -0.207. The van der Waals surface area contributed by atoms with Gasteiger partial charge in [-0.3, -0.25) is 4.90 Å². The van der Waals surface area contributed by atoms with Gasteiger partial charge in [0, 0.05) is 6.54 Å². The molecule has 6 heteroatoms. The molecule has 0 radical (unpaired) electrons. The van der Waals surface area contributed by atoms with Crippen LogP contribution in [-0.2, 0) is 0 Å². The average molecular weight is 291 g/mol. The summed E-state index contributed by atoms with van der Waals surface area (Å²) in [6.07, 6.45) is -2.45. The Morgan fingerprint density at radius 3 is 2.05 bits per heavy atom. The first kappa shape index (κ1) is 17.1. The van der Waals surface area contributed by atoms with Crippen LogP contribution in [0.15, 0.2) is 0 Å². The van der Waals surface area contributed by atoms with Gasteiger partial charge in [-0.25, -0.2) is 0 Å². The maximum absolute atomic E-state index is 9.98. The van der Waals surface area contributed by atoms with Gasteiger partial charge in [-0.2, -0.15) is 0 Å². The summed E-state index contributed by atoms with van der Waals surface area (Å²) >= 11 is 0. The molecule has 0 unspecified atom stereocenters. The molecule has 1 saturated heterocycles. The van der Waals surface area contributed by atoms with Gasteiger partial charge in [0.05, 0.1) is 26.8 Å². The van der Waals surface area contributed by atoms with Gasteiger partial charge in [-0.1, -0.05) is 33.9 Å². The Bertz CT molecular complexity index is 306. The van der Waals surface area contributed by atoms with E-state index < -0.39 is 32.4 Å². The number of aliphatic hydroxyl groups is 4. The van der Waals surface area contributed by atoms with Crippen LogP contribution < -0.4 is 0 Å². The van der Waals surface area contributed by atoms with Crippen molar-refractivity contribution in [3.05, 3.63) is 0 Å². The minimum Gasteiger partial charge on any atom is -0.395 e. The molecule has 19 heavy (non-hydrogen) atoms. The minimum absolute atomic E-state index is 0.193. The first-order chi connectivity index (χ1) is 8.51. The molecule has 0 spiro atoms. The summed E-state index contributed by atoms with van der Waals surface area (Å²) in [7, 11) is -1.62. The van der Waals surface area contributed by atoms with E-state index in [2.05, 4.69) is 33.9 Å². The fourth-order valence-electron chi connectivity index (χ4n) is 2.31. The number of aliphatic hydroxyl groups excluding tert-OH is 4. The SMILES string of the molecule is CC(C)(C)[Si](C)(C)CN1C[C@H](O)[C@@H](O)[C@H](O)[C@H]1CO. The molecule has 0 aromatic rings. The van der Waals surface area contributed by atoms with E-state index in [1.807, 2.05) is 4.90 Å². The molecule has 0 saturated carbocycles. The Hall–Kier alpha value is 0.0169. The summed E-state index contributed by atoms with van der Waals surface area (Å²) in [6.45, 7) is 11.3. The summed E-state index contributed by atoms with van der Waals surface area (Å²) in [5.74, 6) is 0. The molecule has 0 amide bonds. The topological polar surface area (TPSA) is 84.2 Å². The largest absolute Gasteiger partial charge is 0.395 e. The van der Waals surface area contributed by atoms with Crippen LogP contribution in [0.1, 0.15) is 20.8 Å². The van der Waals surface area contributed by atoms with Gasteiger partial charge in [0.2, 0.25) is 0 Å². The maximum atomic E-state index is 9.98. The molecule has 5 nitrogen and oxygen atoms in total. The lowest BCUT2D eigenvalue weighted by Gasteiger charge is -2.48. The third-order valence-corrected chi connectivity index (χ3v) is 10.1. The van der Waals surface area contributed by atoms with E-state index in [0.717, 1.165) is 6.17 Å². The zero-order valence-electron chi connectivity index (χ0n) is 12.7. The van der Waals surface area contributed by atoms with Crippen molar-refractivity contribution < 1.29 is 20.4 Å². The van der Waals surface area contributed by atoms with E-state index >= 15 is 0 Å². The Balaban J connectivity index is 2.87. The molecule has 1 fully saturated rings. The molecular formula is C13H29NO4Si. The summed E-state index contributed by atoms with van der Waals surface area (Å²) < 4.78 is 0. The number of rotatable bonds is 3. The zero-order chi connectivity index (χ0) is 15.0. The van der Waals surface area contributed by atoms with Crippen molar-refractivity contribution >= 4 is 8.07 Å². The van der Waals surface area contributed by atoms with Gasteiger partial charge in [0.1, 0.15) is 12.2 Å². The van der Waals surface area contributed by atoms with Crippen molar-refractivity contribution in [1.29, 1.82) is 0 Å². The number of likely N-dealkylation sites (tertiary alicyclic amines) is 1. The molecule has 4 atom stereocenters. The highest BCUT2D eigenvalue weighted by Gasteiger charge is 2.45. The second kappa shape index (κ2) is 5.79. The third kappa shape index (κ3) is 3.56. The minimum atomic E-state index is -1.62. The van der Waals surface area contributed by atoms with Crippen LogP contribution in [-0.4, -0.2) is 77.1 Å². The molecule has 0 aliphatic carbocycles. The molecule has 1 rings (SSSR count). The van der Waals surface area contributed by atoms with Crippen LogP contribution >= 0.6 is 0 Å². The van der Waals surface area contributed by atoms with E-state index in [9.17, 15) is 20.4 Å². The van der Waals surface area contributed by atoms with Crippen molar-refractivity contribution in [3.63, 3.8) is 0 Å². The number of β-amino-alcohol motifs (C(OH)–C–C–N with tert-alkyl or cyclic N) is 1. The van der Waals surface area contributed by atoms with Crippen molar-refractivity contribution in [3.8, 4) is 0 Å². The number of hydrogen-bond acceptors (Lipinski definition) is 5. The molecule has 4 N–H and O–H groups in total. The molecular weight excluding hydrogens is 262 g/mol. The fourth-order valence-corrected chi connectivity index (χ4v) is 4.16. The zero-order valence-corrected chi connectivity index (χ0v) is 13.7. The van der Waals surface area contributed by atoms with Crippen LogP contribution in [0.5, 0.6) is 0 Å². The average Bonchev–Trinajstić information content (AvgIpc) is 2.24. The van der Waals surface area contributed by atoms with Crippen molar-refractivity contribution in [2.45, 2.75) is 63.3 Å². The fraction of sp³-hybridized carbons (Fsp3) is 1.00. The lowest BCUT2D eigenvalue weighted by molar-refractivity contribution is -0.141. The van der Waals surface area contributed by atoms with Crippen LogP contribution in [0.4, 0.5) is 0 Å². The Morgan fingerprint density at radius 2 is 1.63 bits per heavy atom. The lowest BCUT2D eigenvalue weighted by atomic mass is 9.95. The van der Waals surface area contributed by atoms with Crippen LogP contribution in [0, 0.1) is 0 Å². The second-order valence-electron chi connectivity index (χ2n) is 7.36. The highest BCUT2D eigenvalue weighted by molar-refractivity contribution is 6.80. The molecule has 0 aromatic heterocycles. The van der Waals surface area contributed by atoms with Gasteiger partial charge >= 0.3 is 0 Å². The lowest BCUT2D eigenvalue weighted by Crippen LogP contribution is -2.65. The third-order valence-electron chi connectivity index (χ3n) is 4.84. The normalized spacial score (nSPS) is 34.6. The highest BCUT2D eigenvalue weighted by Crippen LogP contribution is 2.37. The predicted molar refractivity (Wildman–Crippen MR) is 77.7 cm³/mol. The molecule has 1 heterocycles. The maximum Gasteiger partial charge on any atom is 0.109 e. The van der Waals surface area contributed by atoms with Crippen LogP contribution in [0.3, 0.4) is 0 Å². The molecule has 1 aliphatic rings. The van der Waals surface area contributed by atoms with E-state index in [4.69, 9.17) is 0 Å². The van der Waals surface area contributed by atoms with Gasteiger partial charge in [-0.05, 0) is 11.2 Å². The summed E-state index contributed by atoms with van der Waals surface area (Å²) in [4.78, 5) is 1.94. The van der Waals surface area contributed by atoms with Crippen molar-refractivity contribution in [1.82, 2.24) is 4.90 Å². The quantitative estimate of drug-likeness (QED) is 0.541. The molecule has 114 valence electrons. The smallest absolute Gasteiger partial charge is 0.109 e. The molecule has 1 aliphatic heterocycles. The van der Waals surface area contributed by atoms with Crippen molar-refractivity contribution in [2.24, 2.45) is 0 Å². The van der Waals surface area contributed by atoms with Crippen LogP contribution in [0.2, 0.25) is 18.1 Å². The second-order valence-corrected chi connectivity index (χ2v) is 12.9. The number of piperidine rings is 1. The molecule has 0 bridgehead atoms. The first-order valence-corrected chi connectivity index (χ1v) is 10.1. The monoisotopic (exact) mass is 291 g/mol. The summed E-state index contributed by atoms with van der Waals surface area (Å²) in [5, 5.41) is 39.1. The van der Waals surface area contributed by atoms with E-state index in [1.54, 1.807) is 0 Å². The van der Waals surface area contributed by atoms with E-state index in [0.29, 0.717) is 6.54 Å². The summed E-state index contributed by atoms with van der Waals surface area (Å²) in [5.41, 5.74) is 0. The van der Waals surface area contributed by atoms with Gasteiger partial charge in [0.25, 0.3) is 0 Å². The van der Waals surface area contributed by atoms with Gasteiger partial charge < -0.3 is 20.4 Å². The Morgan fingerprint density at radius 1 is 1.11 bits per heavy atom. The van der Waals surface area contributed by atoms with E-state index in [-0.39, 0.29) is 11.6 Å². The number of nitrogens with zero attached hydrogens (tertiary/aromatic N) is 1. The van der Waals surface area contributed by atoms with E-state index in [1.165, 1.54) is 0 Å². The Labute approximate surface area is 116 Å². The van der Waals surface area contributed by atoms with Crippen LogP contribution in [0.25, 0.3) is 0 Å². The van der Waals surface area contributed by atoms with Gasteiger partial charge in [0.15, 0.2) is 0 Å². The number of hydrogen-bond donors (Lipinski definition) is 4. The standard InChI is InChI=1S/C13H29NO4Si/c1-13(2,3)19(4,5)8-14-6-10(16)12(18)11(17)9(14)7-15/h9-12,15-18H,6-8H2,1-5H3/t9-,10+,11-,12-/m1/s1. The first-order valence-electron chi connectivity index (χ1n) is 6.90. The Kier molecular flexibility index (Phi) is 5.20. The van der Waals surface area contributed by atoms with Gasteiger partial charge in [-0.15, -0.1) is 0 Å².